The number of rotatable bonds is 2. The van der Waals surface area contributed by atoms with Gasteiger partial charge in [0.25, 0.3) is 0 Å². The SMILES string of the molecule is NCC(=O)c1cc(C(F)(F)F)ccc1F. The Balaban J connectivity index is 3.23. The maximum absolute atomic E-state index is 13.0. The lowest BCUT2D eigenvalue weighted by Crippen LogP contribution is -2.16. The van der Waals surface area contributed by atoms with Crippen molar-refractivity contribution in [3.63, 3.8) is 0 Å². The summed E-state index contributed by atoms with van der Waals surface area (Å²) in [6, 6.07) is 1.64. The number of nitrogens with two attached hydrogens (primary N) is 1. The van der Waals surface area contributed by atoms with Gasteiger partial charge in [0.2, 0.25) is 0 Å². The molecule has 0 bridgehead atoms. The van der Waals surface area contributed by atoms with Crippen LogP contribution in [-0.4, -0.2) is 12.3 Å². The van der Waals surface area contributed by atoms with Crippen LogP contribution in [0, 0.1) is 5.82 Å². The van der Waals surface area contributed by atoms with Gasteiger partial charge in [0.05, 0.1) is 17.7 Å². The van der Waals surface area contributed by atoms with E-state index >= 15 is 0 Å². The number of halogens is 4. The summed E-state index contributed by atoms with van der Waals surface area (Å²) in [5.41, 5.74) is 3.23. The Morgan fingerprint density at radius 3 is 2.40 bits per heavy atom. The van der Waals surface area contributed by atoms with Crippen molar-refractivity contribution < 1.29 is 22.4 Å². The van der Waals surface area contributed by atoms with Gasteiger partial charge in [0.15, 0.2) is 5.78 Å². The van der Waals surface area contributed by atoms with Gasteiger partial charge in [0, 0.05) is 0 Å². The summed E-state index contributed by atoms with van der Waals surface area (Å²) in [5.74, 6) is -1.86. The Bertz CT molecular complexity index is 386. The molecule has 1 aromatic rings. The second-order valence-electron chi connectivity index (χ2n) is 2.82. The second kappa shape index (κ2) is 3.98. The van der Waals surface area contributed by atoms with Crippen molar-refractivity contribution in [1.29, 1.82) is 0 Å². The van der Waals surface area contributed by atoms with Crippen LogP contribution in [0.25, 0.3) is 0 Å². The van der Waals surface area contributed by atoms with Crippen molar-refractivity contribution in [2.24, 2.45) is 5.73 Å². The predicted molar refractivity (Wildman–Crippen MR) is 44.8 cm³/mol. The van der Waals surface area contributed by atoms with E-state index in [-0.39, 0.29) is 0 Å². The van der Waals surface area contributed by atoms with Gasteiger partial charge in [-0.05, 0) is 18.2 Å². The average molecular weight is 221 g/mol. The number of benzene rings is 1. The van der Waals surface area contributed by atoms with Crippen LogP contribution in [0.1, 0.15) is 15.9 Å². The Labute approximate surface area is 82.7 Å². The quantitative estimate of drug-likeness (QED) is 0.613. The molecule has 82 valence electrons. The molecule has 0 aliphatic rings. The first-order valence-corrected chi connectivity index (χ1v) is 3.96. The molecule has 0 saturated heterocycles. The second-order valence-corrected chi connectivity index (χ2v) is 2.82. The molecule has 6 heteroatoms. The minimum Gasteiger partial charge on any atom is -0.324 e. The molecule has 0 aromatic heterocycles. The van der Waals surface area contributed by atoms with Crippen LogP contribution in [0.2, 0.25) is 0 Å². The zero-order valence-corrected chi connectivity index (χ0v) is 7.44. The molecule has 0 radical (unpaired) electrons. The summed E-state index contributed by atoms with van der Waals surface area (Å²) < 4.78 is 49.6. The molecular formula is C9H7F4NO. The van der Waals surface area contributed by atoms with Crippen molar-refractivity contribution in [3.05, 3.63) is 35.1 Å². The van der Waals surface area contributed by atoms with E-state index in [2.05, 4.69) is 0 Å². The van der Waals surface area contributed by atoms with E-state index in [0.29, 0.717) is 18.2 Å². The molecular weight excluding hydrogens is 214 g/mol. The predicted octanol–water partition coefficient (Wildman–Crippen LogP) is 1.99. The molecule has 0 aliphatic carbocycles. The summed E-state index contributed by atoms with van der Waals surface area (Å²) in [7, 11) is 0. The first-order chi connectivity index (χ1) is 6.86. The van der Waals surface area contributed by atoms with E-state index in [1.165, 1.54) is 0 Å². The van der Waals surface area contributed by atoms with Gasteiger partial charge in [0.1, 0.15) is 5.82 Å². The number of carbonyl (C=O) groups excluding carboxylic acids is 1. The third-order valence-corrected chi connectivity index (χ3v) is 1.78. The van der Waals surface area contributed by atoms with Crippen LogP contribution in [-0.2, 0) is 6.18 Å². The number of carbonyl (C=O) groups is 1. The van der Waals surface area contributed by atoms with Gasteiger partial charge in [-0.25, -0.2) is 4.39 Å². The largest absolute Gasteiger partial charge is 0.416 e. The van der Waals surface area contributed by atoms with Crippen LogP contribution in [0.15, 0.2) is 18.2 Å². The minimum atomic E-state index is -4.60. The molecule has 0 heterocycles. The number of ketones is 1. The third kappa shape index (κ3) is 2.53. The summed E-state index contributed by atoms with van der Waals surface area (Å²) in [4.78, 5) is 11.0. The summed E-state index contributed by atoms with van der Waals surface area (Å²) in [5, 5.41) is 0. The van der Waals surface area contributed by atoms with E-state index in [0.717, 1.165) is 0 Å². The lowest BCUT2D eigenvalue weighted by Gasteiger charge is -2.08. The van der Waals surface area contributed by atoms with Crippen molar-refractivity contribution in [1.82, 2.24) is 0 Å². The van der Waals surface area contributed by atoms with Crippen LogP contribution >= 0.6 is 0 Å². The average Bonchev–Trinajstić information content (AvgIpc) is 2.15. The number of alkyl halides is 3. The maximum Gasteiger partial charge on any atom is 0.416 e. The zero-order chi connectivity index (χ0) is 11.6. The highest BCUT2D eigenvalue weighted by molar-refractivity contribution is 5.97. The molecule has 2 nitrogen and oxygen atoms in total. The Hall–Kier alpha value is -1.43. The fourth-order valence-corrected chi connectivity index (χ4v) is 1.03. The monoisotopic (exact) mass is 221 g/mol. The summed E-state index contributed by atoms with van der Waals surface area (Å²) in [6.07, 6.45) is -4.60. The number of Topliss-reactive ketones (excluding diaryl/α,β-unsaturated/α-hetero) is 1. The molecule has 1 aromatic carbocycles. The van der Waals surface area contributed by atoms with Crippen molar-refractivity contribution in [3.8, 4) is 0 Å². The van der Waals surface area contributed by atoms with Crippen molar-refractivity contribution in [2.75, 3.05) is 6.54 Å². The summed E-state index contributed by atoms with van der Waals surface area (Å²) >= 11 is 0. The molecule has 2 N–H and O–H groups in total. The van der Waals surface area contributed by atoms with Gasteiger partial charge in [-0.15, -0.1) is 0 Å². The van der Waals surface area contributed by atoms with Gasteiger partial charge in [-0.1, -0.05) is 0 Å². The van der Waals surface area contributed by atoms with Crippen LogP contribution in [0.3, 0.4) is 0 Å². The molecule has 1 rings (SSSR count). The van der Waals surface area contributed by atoms with Crippen molar-refractivity contribution in [2.45, 2.75) is 6.18 Å². The van der Waals surface area contributed by atoms with E-state index < -0.39 is 35.4 Å². The molecule has 0 spiro atoms. The first kappa shape index (κ1) is 11.6. The fourth-order valence-electron chi connectivity index (χ4n) is 1.03. The number of hydrogen-bond acceptors (Lipinski definition) is 2. The highest BCUT2D eigenvalue weighted by Gasteiger charge is 2.31. The third-order valence-electron chi connectivity index (χ3n) is 1.78. The topological polar surface area (TPSA) is 43.1 Å². The van der Waals surface area contributed by atoms with Crippen LogP contribution in [0.4, 0.5) is 17.6 Å². The highest BCUT2D eigenvalue weighted by atomic mass is 19.4. The fraction of sp³-hybridized carbons (Fsp3) is 0.222. The normalized spacial score (nSPS) is 11.5. The van der Waals surface area contributed by atoms with Crippen LogP contribution < -0.4 is 5.73 Å². The molecule has 0 saturated carbocycles. The highest BCUT2D eigenvalue weighted by Crippen LogP contribution is 2.30. The maximum atomic E-state index is 13.0. The smallest absolute Gasteiger partial charge is 0.324 e. The van der Waals surface area contributed by atoms with Crippen LogP contribution in [0.5, 0.6) is 0 Å². The summed E-state index contributed by atoms with van der Waals surface area (Å²) in [6.45, 7) is -0.530. The van der Waals surface area contributed by atoms with Gasteiger partial charge < -0.3 is 5.73 Å². The van der Waals surface area contributed by atoms with E-state index in [1.807, 2.05) is 0 Å². The Morgan fingerprint density at radius 1 is 1.33 bits per heavy atom. The lowest BCUT2D eigenvalue weighted by atomic mass is 10.1. The molecule has 0 atom stereocenters. The van der Waals surface area contributed by atoms with E-state index in [9.17, 15) is 22.4 Å². The van der Waals surface area contributed by atoms with Gasteiger partial charge >= 0.3 is 6.18 Å². The van der Waals surface area contributed by atoms with E-state index in [4.69, 9.17) is 5.73 Å². The van der Waals surface area contributed by atoms with Gasteiger partial charge in [-0.3, -0.25) is 4.79 Å². The van der Waals surface area contributed by atoms with Crippen molar-refractivity contribution >= 4 is 5.78 Å². The molecule has 0 aliphatic heterocycles. The lowest BCUT2D eigenvalue weighted by molar-refractivity contribution is -0.137. The Morgan fingerprint density at radius 2 is 1.93 bits per heavy atom. The molecule has 0 unspecified atom stereocenters. The standard InChI is InChI=1S/C9H7F4NO/c10-7-2-1-5(9(11,12)13)3-6(7)8(15)4-14/h1-3H,4,14H2. The minimum absolute atomic E-state index is 0.463. The molecule has 15 heavy (non-hydrogen) atoms. The Kier molecular flexibility index (Phi) is 3.09. The first-order valence-electron chi connectivity index (χ1n) is 3.96. The molecule has 0 fully saturated rings. The zero-order valence-electron chi connectivity index (χ0n) is 7.44. The number of hydrogen-bond donors (Lipinski definition) is 1. The van der Waals surface area contributed by atoms with Gasteiger partial charge in [-0.2, -0.15) is 13.2 Å². The van der Waals surface area contributed by atoms with E-state index in [1.54, 1.807) is 0 Å². The molecule has 0 amide bonds.